The molecule has 5 heteroatoms. The Kier molecular flexibility index (Phi) is 3.10. The molecule has 0 unspecified atom stereocenters. The van der Waals surface area contributed by atoms with E-state index in [1.165, 1.54) is 10.6 Å². The van der Waals surface area contributed by atoms with Crippen LogP contribution in [0.1, 0.15) is 22.8 Å². The number of carbonyl (C=O) groups is 1. The number of hydrogen-bond acceptors (Lipinski definition) is 2. The van der Waals surface area contributed by atoms with Gasteiger partial charge in [0.1, 0.15) is 0 Å². The third kappa shape index (κ3) is 2.12. The molecule has 0 aliphatic heterocycles. The topological polar surface area (TPSA) is 75.1 Å². The molecule has 0 spiro atoms. The number of aromatic amines is 1. The fourth-order valence-corrected chi connectivity index (χ4v) is 2.49. The maximum atomic E-state index is 12.2. The molecule has 0 bridgehead atoms. The number of fused-ring (bicyclic) bond motifs is 1. The molecular formula is C16H14N2O3. The van der Waals surface area contributed by atoms with Crippen molar-refractivity contribution >= 4 is 17.0 Å². The Bertz CT molecular complexity index is 890. The average Bonchev–Trinajstić information content (AvgIpc) is 2.82. The average molecular weight is 282 g/mol. The summed E-state index contributed by atoms with van der Waals surface area (Å²) in [5.74, 6) is -1.06. The Hall–Kier alpha value is -2.82. The lowest BCUT2D eigenvalue weighted by Crippen LogP contribution is -2.15. The molecule has 0 aliphatic rings. The molecule has 106 valence electrons. The molecule has 0 saturated carbocycles. The lowest BCUT2D eigenvalue weighted by Gasteiger charge is -2.07. The number of H-pyrrole nitrogens is 1. The molecule has 2 aromatic carbocycles. The van der Waals surface area contributed by atoms with Gasteiger partial charge in [0.2, 0.25) is 0 Å². The van der Waals surface area contributed by atoms with E-state index in [9.17, 15) is 14.7 Å². The first-order valence-corrected chi connectivity index (χ1v) is 6.68. The van der Waals surface area contributed by atoms with E-state index >= 15 is 0 Å². The minimum Gasteiger partial charge on any atom is -0.478 e. The summed E-state index contributed by atoms with van der Waals surface area (Å²) in [7, 11) is 0. The Morgan fingerprint density at radius 1 is 1.24 bits per heavy atom. The van der Waals surface area contributed by atoms with Crippen molar-refractivity contribution < 1.29 is 9.90 Å². The van der Waals surface area contributed by atoms with Crippen molar-refractivity contribution in [3.05, 3.63) is 64.1 Å². The highest BCUT2D eigenvalue weighted by Crippen LogP contribution is 2.20. The van der Waals surface area contributed by atoms with Gasteiger partial charge in [-0.25, -0.2) is 9.59 Å². The van der Waals surface area contributed by atoms with Crippen LogP contribution in [0.25, 0.3) is 16.7 Å². The Morgan fingerprint density at radius 2 is 2.00 bits per heavy atom. The monoisotopic (exact) mass is 282 g/mol. The highest BCUT2D eigenvalue weighted by molar-refractivity contribution is 6.01. The molecule has 3 aromatic rings. The maximum Gasteiger partial charge on any atom is 0.337 e. The molecule has 0 radical (unpaired) electrons. The zero-order valence-corrected chi connectivity index (χ0v) is 11.5. The minimum atomic E-state index is -1.06. The van der Waals surface area contributed by atoms with Crippen LogP contribution in [0.15, 0.2) is 47.3 Å². The number of benzene rings is 2. The van der Waals surface area contributed by atoms with E-state index in [4.69, 9.17) is 0 Å². The van der Waals surface area contributed by atoms with E-state index in [-0.39, 0.29) is 11.3 Å². The van der Waals surface area contributed by atoms with Crippen molar-refractivity contribution in [1.82, 2.24) is 9.55 Å². The fourth-order valence-electron chi connectivity index (χ4n) is 2.49. The summed E-state index contributed by atoms with van der Waals surface area (Å²) in [4.78, 5) is 26.3. The Balaban J connectivity index is 2.39. The number of nitrogens with one attached hydrogen (secondary N) is 1. The predicted octanol–water partition coefficient (Wildman–Crippen LogP) is 2.58. The van der Waals surface area contributed by atoms with Crippen LogP contribution in [0.2, 0.25) is 0 Å². The Morgan fingerprint density at radius 3 is 2.71 bits per heavy atom. The molecule has 1 aromatic heterocycles. The van der Waals surface area contributed by atoms with Crippen molar-refractivity contribution in [3.63, 3.8) is 0 Å². The number of carboxylic acids is 1. The van der Waals surface area contributed by atoms with Gasteiger partial charge in [0.25, 0.3) is 0 Å². The molecule has 2 N–H and O–H groups in total. The van der Waals surface area contributed by atoms with Crippen molar-refractivity contribution in [1.29, 1.82) is 0 Å². The zero-order chi connectivity index (χ0) is 15.0. The van der Waals surface area contributed by atoms with Gasteiger partial charge in [-0.3, -0.25) is 4.57 Å². The van der Waals surface area contributed by atoms with E-state index in [0.717, 1.165) is 12.0 Å². The number of aryl methyl sites for hydroxylation is 1. The van der Waals surface area contributed by atoms with Gasteiger partial charge >= 0.3 is 11.7 Å². The van der Waals surface area contributed by atoms with Crippen LogP contribution in [-0.4, -0.2) is 20.6 Å². The SMILES string of the molecule is CCc1cccc(-n2c(=O)[nH]c3cccc(C(=O)O)c32)c1. The van der Waals surface area contributed by atoms with Crippen molar-refractivity contribution in [3.8, 4) is 5.69 Å². The second-order valence-corrected chi connectivity index (χ2v) is 4.80. The van der Waals surface area contributed by atoms with Gasteiger partial charge < -0.3 is 10.1 Å². The van der Waals surface area contributed by atoms with Crippen molar-refractivity contribution in [2.75, 3.05) is 0 Å². The van der Waals surface area contributed by atoms with Crippen molar-refractivity contribution in [2.24, 2.45) is 0 Å². The van der Waals surface area contributed by atoms with Crippen LogP contribution in [0, 0.1) is 0 Å². The zero-order valence-electron chi connectivity index (χ0n) is 11.5. The lowest BCUT2D eigenvalue weighted by molar-refractivity contribution is 0.0698. The molecule has 0 amide bonds. The molecule has 0 aliphatic carbocycles. The molecule has 0 atom stereocenters. The summed E-state index contributed by atoms with van der Waals surface area (Å²) in [5, 5.41) is 9.33. The van der Waals surface area contributed by atoms with Crippen LogP contribution >= 0.6 is 0 Å². The summed E-state index contributed by atoms with van der Waals surface area (Å²) in [5.41, 5.74) is 2.42. The summed E-state index contributed by atoms with van der Waals surface area (Å²) in [6.07, 6.45) is 0.844. The number of hydrogen-bond donors (Lipinski definition) is 2. The smallest absolute Gasteiger partial charge is 0.337 e. The minimum absolute atomic E-state index is 0.104. The normalized spacial score (nSPS) is 10.9. The van der Waals surface area contributed by atoms with Gasteiger partial charge in [-0.05, 0) is 36.2 Å². The third-order valence-electron chi connectivity index (χ3n) is 3.51. The standard InChI is InChI=1S/C16H14N2O3/c1-2-10-5-3-6-11(9-10)18-14-12(15(19)20)7-4-8-13(14)17-16(18)21/h3-9H,2H2,1H3,(H,17,21)(H,19,20). The first-order valence-electron chi connectivity index (χ1n) is 6.68. The number of para-hydroxylation sites is 1. The van der Waals surface area contributed by atoms with E-state index in [2.05, 4.69) is 4.98 Å². The van der Waals surface area contributed by atoms with Gasteiger partial charge in [0.05, 0.1) is 22.3 Å². The summed E-state index contributed by atoms with van der Waals surface area (Å²) in [6.45, 7) is 2.03. The number of aromatic carboxylic acids is 1. The van der Waals surface area contributed by atoms with Gasteiger partial charge in [-0.15, -0.1) is 0 Å². The molecule has 0 fully saturated rings. The van der Waals surface area contributed by atoms with Crippen LogP contribution in [0.3, 0.4) is 0 Å². The van der Waals surface area contributed by atoms with E-state index in [0.29, 0.717) is 16.7 Å². The highest BCUT2D eigenvalue weighted by Gasteiger charge is 2.16. The lowest BCUT2D eigenvalue weighted by atomic mass is 10.1. The largest absolute Gasteiger partial charge is 0.478 e. The fraction of sp³-hybridized carbons (Fsp3) is 0.125. The first-order chi connectivity index (χ1) is 10.1. The van der Waals surface area contributed by atoms with E-state index < -0.39 is 5.97 Å². The van der Waals surface area contributed by atoms with Gasteiger partial charge in [-0.1, -0.05) is 25.1 Å². The number of nitrogens with zero attached hydrogens (tertiary/aromatic N) is 1. The van der Waals surface area contributed by atoms with E-state index in [1.54, 1.807) is 18.2 Å². The summed E-state index contributed by atoms with van der Waals surface area (Å²) in [6, 6.07) is 12.3. The molecule has 1 heterocycles. The van der Waals surface area contributed by atoms with Crippen molar-refractivity contribution in [2.45, 2.75) is 13.3 Å². The summed E-state index contributed by atoms with van der Waals surface area (Å²) >= 11 is 0. The van der Waals surface area contributed by atoms with E-state index in [1.807, 2.05) is 25.1 Å². The molecule has 5 nitrogen and oxygen atoms in total. The molecule has 21 heavy (non-hydrogen) atoms. The quantitative estimate of drug-likeness (QED) is 0.775. The number of carboxylic acid groups (broad SMARTS) is 1. The molecular weight excluding hydrogens is 268 g/mol. The second kappa shape index (κ2) is 4.94. The molecule has 0 saturated heterocycles. The van der Waals surface area contributed by atoms with Crippen LogP contribution < -0.4 is 5.69 Å². The first kappa shape index (κ1) is 13.2. The van der Waals surface area contributed by atoms with Gasteiger partial charge in [0.15, 0.2) is 0 Å². The predicted molar refractivity (Wildman–Crippen MR) is 80.2 cm³/mol. The number of imidazole rings is 1. The second-order valence-electron chi connectivity index (χ2n) is 4.80. The number of aromatic nitrogens is 2. The number of rotatable bonds is 3. The highest BCUT2D eigenvalue weighted by atomic mass is 16.4. The van der Waals surface area contributed by atoms with Crippen LogP contribution in [-0.2, 0) is 6.42 Å². The van der Waals surface area contributed by atoms with Gasteiger partial charge in [-0.2, -0.15) is 0 Å². The third-order valence-corrected chi connectivity index (χ3v) is 3.51. The summed E-state index contributed by atoms with van der Waals surface area (Å²) < 4.78 is 1.41. The Labute approximate surface area is 120 Å². The van der Waals surface area contributed by atoms with Gasteiger partial charge in [0, 0.05) is 0 Å². The molecule has 3 rings (SSSR count). The maximum absolute atomic E-state index is 12.2. The van der Waals surface area contributed by atoms with Crippen LogP contribution in [0.4, 0.5) is 0 Å². The van der Waals surface area contributed by atoms with Crippen LogP contribution in [0.5, 0.6) is 0 Å².